The van der Waals surface area contributed by atoms with Crippen LogP contribution >= 0.6 is 0 Å². The van der Waals surface area contributed by atoms with Gasteiger partial charge in [-0.15, -0.1) is 0 Å². The zero-order valence-electron chi connectivity index (χ0n) is 18.8. The molecule has 0 aromatic carbocycles. The van der Waals surface area contributed by atoms with Crippen LogP contribution in [0.3, 0.4) is 0 Å². The van der Waals surface area contributed by atoms with Gasteiger partial charge >= 0.3 is 0 Å². The Balaban J connectivity index is 2.98. The monoisotopic (exact) mass is 380 g/mol. The second kappa shape index (κ2) is 25.5. The molecule has 2 nitrogen and oxygen atoms in total. The van der Waals surface area contributed by atoms with E-state index in [4.69, 9.17) is 5.73 Å². The lowest BCUT2D eigenvalue weighted by molar-refractivity contribution is 0.521. The molecule has 0 rings (SSSR count). The Labute approximate surface area is 172 Å². The van der Waals surface area contributed by atoms with Gasteiger partial charge in [0.2, 0.25) is 0 Å². The molecule has 0 aliphatic heterocycles. The van der Waals surface area contributed by atoms with Crippen LogP contribution in [-0.2, 0) is 0 Å². The van der Waals surface area contributed by atoms with Crippen LogP contribution in [0.2, 0.25) is 0 Å². The Morgan fingerprint density at radius 1 is 0.519 bits per heavy atom. The molecule has 0 saturated heterocycles. The average molecular weight is 381 g/mol. The fourth-order valence-electron chi connectivity index (χ4n) is 3.72. The van der Waals surface area contributed by atoms with Crippen LogP contribution < -0.4 is 11.1 Å². The SMILES string of the molecule is CCCCCCCCCCCCCCCCCCCCCCNC=CCN. The van der Waals surface area contributed by atoms with Crippen LogP contribution in [0.25, 0.3) is 0 Å². The van der Waals surface area contributed by atoms with Gasteiger partial charge in [0.15, 0.2) is 0 Å². The summed E-state index contributed by atoms with van der Waals surface area (Å²) in [4.78, 5) is 0. The molecule has 0 atom stereocenters. The molecule has 0 bridgehead atoms. The molecular weight excluding hydrogens is 328 g/mol. The molecule has 0 saturated carbocycles. The van der Waals surface area contributed by atoms with Crippen molar-refractivity contribution < 1.29 is 0 Å². The van der Waals surface area contributed by atoms with Crippen molar-refractivity contribution >= 4 is 0 Å². The van der Waals surface area contributed by atoms with E-state index < -0.39 is 0 Å². The molecule has 0 aromatic rings. The molecule has 27 heavy (non-hydrogen) atoms. The van der Waals surface area contributed by atoms with E-state index in [-0.39, 0.29) is 0 Å². The van der Waals surface area contributed by atoms with Crippen molar-refractivity contribution in [2.45, 2.75) is 135 Å². The first-order valence-corrected chi connectivity index (χ1v) is 12.5. The molecular formula is C25H52N2. The summed E-state index contributed by atoms with van der Waals surface area (Å²) in [5.74, 6) is 0. The molecule has 2 heteroatoms. The molecule has 0 aliphatic rings. The molecule has 0 amide bonds. The maximum Gasteiger partial charge on any atom is 0.0141 e. The first kappa shape index (κ1) is 26.5. The Kier molecular flexibility index (Phi) is 25.0. The Hall–Kier alpha value is -0.500. The summed E-state index contributed by atoms with van der Waals surface area (Å²) in [5, 5.41) is 3.28. The molecule has 0 unspecified atom stereocenters. The van der Waals surface area contributed by atoms with E-state index in [0.29, 0.717) is 6.54 Å². The zero-order valence-corrected chi connectivity index (χ0v) is 18.8. The topological polar surface area (TPSA) is 38.0 Å². The summed E-state index contributed by atoms with van der Waals surface area (Å²) in [6.07, 6.45) is 32.8. The van der Waals surface area contributed by atoms with Gasteiger partial charge in [0, 0.05) is 13.1 Å². The number of hydrogen-bond acceptors (Lipinski definition) is 2. The van der Waals surface area contributed by atoms with Gasteiger partial charge in [0.25, 0.3) is 0 Å². The van der Waals surface area contributed by atoms with Crippen molar-refractivity contribution in [3.8, 4) is 0 Å². The summed E-state index contributed by atoms with van der Waals surface area (Å²) in [5.41, 5.74) is 5.39. The average Bonchev–Trinajstić information content (AvgIpc) is 2.68. The van der Waals surface area contributed by atoms with Gasteiger partial charge in [-0.05, 0) is 12.6 Å². The van der Waals surface area contributed by atoms with Gasteiger partial charge in [-0.1, -0.05) is 135 Å². The second-order valence-corrected chi connectivity index (χ2v) is 8.31. The highest BCUT2D eigenvalue weighted by Crippen LogP contribution is 2.14. The van der Waals surface area contributed by atoms with Crippen LogP contribution in [0, 0.1) is 0 Å². The van der Waals surface area contributed by atoms with Crippen molar-refractivity contribution in [3.05, 3.63) is 12.3 Å². The summed E-state index contributed by atoms with van der Waals surface area (Å²) >= 11 is 0. The van der Waals surface area contributed by atoms with E-state index in [1.165, 1.54) is 128 Å². The minimum atomic E-state index is 0.631. The third kappa shape index (κ3) is 25.5. The molecule has 0 aliphatic carbocycles. The predicted octanol–water partition coefficient (Wildman–Crippen LogP) is 7.87. The number of rotatable bonds is 23. The van der Waals surface area contributed by atoms with Crippen LogP contribution in [0.5, 0.6) is 0 Å². The van der Waals surface area contributed by atoms with Crippen molar-refractivity contribution in [2.24, 2.45) is 5.73 Å². The fourth-order valence-corrected chi connectivity index (χ4v) is 3.72. The van der Waals surface area contributed by atoms with Crippen LogP contribution in [0.1, 0.15) is 135 Å². The predicted molar refractivity (Wildman–Crippen MR) is 124 cm³/mol. The normalized spacial score (nSPS) is 11.5. The largest absolute Gasteiger partial charge is 0.391 e. The highest BCUT2D eigenvalue weighted by atomic mass is 14.8. The van der Waals surface area contributed by atoms with Crippen molar-refractivity contribution in [3.63, 3.8) is 0 Å². The minimum absolute atomic E-state index is 0.631. The van der Waals surface area contributed by atoms with Crippen LogP contribution in [0.15, 0.2) is 12.3 Å². The molecule has 0 fully saturated rings. The molecule has 0 spiro atoms. The molecule has 0 heterocycles. The van der Waals surface area contributed by atoms with Crippen molar-refractivity contribution in [1.29, 1.82) is 0 Å². The van der Waals surface area contributed by atoms with Gasteiger partial charge < -0.3 is 11.1 Å². The number of unbranched alkanes of at least 4 members (excludes halogenated alkanes) is 19. The minimum Gasteiger partial charge on any atom is -0.391 e. The molecule has 3 N–H and O–H groups in total. The van der Waals surface area contributed by atoms with Gasteiger partial charge in [-0.25, -0.2) is 0 Å². The zero-order chi connectivity index (χ0) is 19.7. The third-order valence-electron chi connectivity index (χ3n) is 5.55. The Morgan fingerprint density at radius 3 is 1.19 bits per heavy atom. The van der Waals surface area contributed by atoms with E-state index in [2.05, 4.69) is 12.2 Å². The van der Waals surface area contributed by atoms with Crippen molar-refractivity contribution in [1.82, 2.24) is 5.32 Å². The molecule has 0 radical (unpaired) electrons. The number of nitrogens with one attached hydrogen (secondary N) is 1. The van der Waals surface area contributed by atoms with E-state index >= 15 is 0 Å². The number of nitrogens with two attached hydrogens (primary N) is 1. The van der Waals surface area contributed by atoms with E-state index in [9.17, 15) is 0 Å². The first-order valence-electron chi connectivity index (χ1n) is 12.5. The summed E-state index contributed by atoms with van der Waals surface area (Å²) < 4.78 is 0. The summed E-state index contributed by atoms with van der Waals surface area (Å²) in [6.45, 7) is 4.02. The highest BCUT2D eigenvalue weighted by molar-refractivity contribution is 4.79. The van der Waals surface area contributed by atoms with Crippen LogP contribution in [0.4, 0.5) is 0 Å². The third-order valence-corrected chi connectivity index (χ3v) is 5.55. The summed E-state index contributed by atoms with van der Waals surface area (Å²) in [7, 11) is 0. The number of hydrogen-bond donors (Lipinski definition) is 2. The fraction of sp³-hybridized carbons (Fsp3) is 0.920. The van der Waals surface area contributed by atoms with Crippen molar-refractivity contribution in [2.75, 3.05) is 13.1 Å². The maximum absolute atomic E-state index is 5.39. The lowest BCUT2D eigenvalue weighted by Gasteiger charge is -2.04. The Morgan fingerprint density at radius 2 is 0.852 bits per heavy atom. The molecule has 0 aromatic heterocycles. The van der Waals surface area contributed by atoms with E-state index in [0.717, 1.165) is 6.54 Å². The van der Waals surface area contributed by atoms with E-state index in [1.54, 1.807) is 0 Å². The Bertz CT molecular complexity index is 275. The van der Waals surface area contributed by atoms with E-state index in [1.807, 2.05) is 12.3 Å². The standard InChI is InChI=1S/C25H52N2/c1-2-3-4-5-6-7-8-9-10-11-12-13-14-15-16-17-18-19-20-21-24-27-25-22-23-26/h22,25,27H,2-21,23-24,26H2,1H3. The van der Waals surface area contributed by atoms with Gasteiger partial charge in [0.1, 0.15) is 0 Å². The lowest BCUT2D eigenvalue weighted by atomic mass is 10.0. The maximum atomic E-state index is 5.39. The van der Waals surface area contributed by atoms with Gasteiger partial charge in [0.05, 0.1) is 0 Å². The first-order chi connectivity index (χ1) is 13.4. The second-order valence-electron chi connectivity index (χ2n) is 8.31. The smallest absolute Gasteiger partial charge is 0.0141 e. The highest BCUT2D eigenvalue weighted by Gasteiger charge is 1.95. The molecule has 162 valence electrons. The van der Waals surface area contributed by atoms with Gasteiger partial charge in [-0.3, -0.25) is 0 Å². The quantitative estimate of drug-likeness (QED) is 0.177. The summed E-state index contributed by atoms with van der Waals surface area (Å²) in [6, 6.07) is 0. The van der Waals surface area contributed by atoms with Gasteiger partial charge in [-0.2, -0.15) is 0 Å². The van der Waals surface area contributed by atoms with Crippen LogP contribution in [-0.4, -0.2) is 13.1 Å². The lowest BCUT2D eigenvalue weighted by Crippen LogP contribution is -2.07.